The SMILES string of the molecule is CO[C@]1(C#CC(O)(c2cncnc2)C2CCCCCC2)CN2CCC1CC2. The highest BCUT2D eigenvalue weighted by molar-refractivity contribution is 5.33. The van der Waals surface area contributed by atoms with Crippen molar-refractivity contribution < 1.29 is 9.84 Å². The first-order chi connectivity index (χ1) is 13.2. The molecule has 1 N–H and O–H groups in total. The number of fused-ring (bicyclic) bond motifs is 3. The van der Waals surface area contributed by atoms with Crippen LogP contribution in [0.5, 0.6) is 0 Å². The molecule has 4 aliphatic rings. The Balaban J connectivity index is 1.71. The molecule has 2 atom stereocenters. The number of ether oxygens (including phenoxy) is 1. The number of nitrogens with zero attached hydrogens (tertiary/aromatic N) is 3. The third-order valence-electron chi connectivity index (χ3n) is 6.98. The molecule has 1 saturated carbocycles. The molecule has 146 valence electrons. The van der Waals surface area contributed by atoms with E-state index in [1.165, 1.54) is 19.2 Å². The fraction of sp³-hybridized carbons (Fsp3) is 0.727. The first-order valence-electron chi connectivity index (χ1n) is 10.5. The lowest BCUT2D eigenvalue weighted by Crippen LogP contribution is -2.59. The van der Waals surface area contributed by atoms with E-state index >= 15 is 0 Å². The second-order valence-corrected chi connectivity index (χ2v) is 8.48. The van der Waals surface area contributed by atoms with Crippen LogP contribution in [0.25, 0.3) is 0 Å². The van der Waals surface area contributed by atoms with E-state index in [0.29, 0.717) is 5.92 Å². The molecule has 1 aromatic rings. The summed E-state index contributed by atoms with van der Waals surface area (Å²) in [6.45, 7) is 3.11. The van der Waals surface area contributed by atoms with Gasteiger partial charge in [-0.05, 0) is 38.8 Å². The molecule has 0 radical (unpaired) electrons. The Bertz CT molecular complexity index is 685. The van der Waals surface area contributed by atoms with Gasteiger partial charge in [0.25, 0.3) is 0 Å². The molecule has 5 heteroatoms. The van der Waals surface area contributed by atoms with E-state index < -0.39 is 11.2 Å². The van der Waals surface area contributed by atoms with Gasteiger partial charge in [-0.1, -0.05) is 37.5 Å². The first kappa shape index (κ1) is 18.9. The number of hydrogen-bond donors (Lipinski definition) is 1. The molecule has 3 aliphatic heterocycles. The molecule has 1 aliphatic carbocycles. The summed E-state index contributed by atoms with van der Waals surface area (Å²) in [5.41, 5.74) is -0.953. The second-order valence-electron chi connectivity index (χ2n) is 8.48. The monoisotopic (exact) mass is 369 g/mol. The molecule has 0 aromatic carbocycles. The van der Waals surface area contributed by atoms with Crippen LogP contribution < -0.4 is 0 Å². The fourth-order valence-corrected chi connectivity index (χ4v) is 5.25. The Morgan fingerprint density at radius 3 is 2.33 bits per heavy atom. The van der Waals surface area contributed by atoms with Crippen molar-refractivity contribution in [2.24, 2.45) is 11.8 Å². The van der Waals surface area contributed by atoms with E-state index in [1.54, 1.807) is 19.5 Å². The van der Waals surface area contributed by atoms with Gasteiger partial charge in [0.2, 0.25) is 0 Å². The molecule has 5 nitrogen and oxygen atoms in total. The Labute approximate surface area is 162 Å². The van der Waals surface area contributed by atoms with Crippen molar-refractivity contribution in [3.05, 3.63) is 24.3 Å². The van der Waals surface area contributed by atoms with Gasteiger partial charge in [0.1, 0.15) is 11.9 Å². The minimum absolute atomic E-state index is 0.119. The third-order valence-corrected chi connectivity index (χ3v) is 6.98. The quantitative estimate of drug-likeness (QED) is 0.656. The summed E-state index contributed by atoms with van der Waals surface area (Å²) in [6, 6.07) is 0. The molecule has 0 spiro atoms. The Hall–Kier alpha value is -1.48. The standard InChI is InChI=1S/C22H31N3O2/c1-27-21(16-25-12-8-18(21)9-13-25)10-11-22(26,20-14-23-17-24-15-20)19-6-4-2-3-5-7-19/h14-15,17-19,26H,2-9,12-13,16H2,1H3/t21-,22?/m1/s1. The number of piperidine rings is 3. The molecule has 4 heterocycles. The average Bonchev–Trinajstić information content (AvgIpc) is 3.03. The number of hydrogen-bond acceptors (Lipinski definition) is 5. The van der Waals surface area contributed by atoms with Crippen molar-refractivity contribution in [2.75, 3.05) is 26.7 Å². The van der Waals surface area contributed by atoms with Gasteiger partial charge in [-0.15, -0.1) is 0 Å². The van der Waals surface area contributed by atoms with Crippen LogP contribution in [0.2, 0.25) is 0 Å². The Morgan fingerprint density at radius 2 is 1.78 bits per heavy atom. The van der Waals surface area contributed by atoms with Gasteiger partial charge < -0.3 is 9.84 Å². The van der Waals surface area contributed by atoms with Crippen molar-refractivity contribution in [1.82, 2.24) is 14.9 Å². The van der Waals surface area contributed by atoms with E-state index in [2.05, 4.69) is 26.7 Å². The highest BCUT2D eigenvalue weighted by atomic mass is 16.5. The molecule has 1 aromatic heterocycles. The Kier molecular flexibility index (Phi) is 5.50. The Morgan fingerprint density at radius 1 is 1.11 bits per heavy atom. The van der Waals surface area contributed by atoms with Gasteiger partial charge in [0.15, 0.2) is 5.60 Å². The van der Waals surface area contributed by atoms with Crippen molar-refractivity contribution >= 4 is 0 Å². The number of rotatable bonds is 3. The highest BCUT2D eigenvalue weighted by Gasteiger charge is 2.47. The first-order valence-corrected chi connectivity index (χ1v) is 10.5. The fourth-order valence-electron chi connectivity index (χ4n) is 5.25. The number of aliphatic hydroxyl groups is 1. The molecule has 5 rings (SSSR count). The van der Waals surface area contributed by atoms with Gasteiger partial charge in [0, 0.05) is 43.4 Å². The lowest BCUT2D eigenvalue weighted by molar-refractivity contribution is -0.0967. The van der Waals surface area contributed by atoms with Crippen LogP contribution in [0, 0.1) is 23.7 Å². The average molecular weight is 370 g/mol. The summed E-state index contributed by atoms with van der Waals surface area (Å²) in [7, 11) is 1.77. The number of aromatic nitrogens is 2. The van der Waals surface area contributed by atoms with Crippen LogP contribution in [0.3, 0.4) is 0 Å². The normalized spacial score (nSPS) is 33.6. The van der Waals surface area contributed by atoms with Crippen LogP contribution in [0.4, 0.5) is 0 Å². The van der Waals surface area contributed by atoms with E-state index in [9.17, 15) is 5.11 Å². The van der Waals surface area contributed by atoms with Gasteiger partial charge in [-0.3, -0.25) is 4.90 Å². The maximum absolute atomic E-state index is 11.8. The molecular weight excluding hydrogens is 338 g/mol. The third kappa shape index (κ3) is 3.63. The van der Waals surface area contributed by atoms with Gasteiger partial charge in [-0.25, -0.2) is 9.97 Å². The van der Waals surface area contributed by atoms with Crippen molar-refractivity contribution in [2.45, 2.75) is 62.6 Å². The summed E-state index contributed by atoms with van der Waals surface area (Å²) in [4.78, 5) is 10.8. The second kappa shape index (κ2) is 7.87. The zero-order chi connectivity index (χ0) is 18.7. The largest absolute Gasteiger partial charge is 0.373 e. The zero-order valence-corrected chi connectivity index (χ0v) is 16.4. The minimum atomic E-state index is -1.21. The maximum atomic E-state index is 11.8. The lowest BCUT2D eigenvalue weighted by Gasteiger charge is -2.50. The number of methoxy groups -OCH3 is 1. The summed E-state index contributed by atoms with van der Waals surface area (Å²) in [5.74, 6) is 7.35. The zero-order valence-electron chi connectivity index (χ0n) is 16.4. The van der Waals surface area contributed by atoms with Crippen LogP contribution in [-0.2, 0) is 10.3 Å². The molecular formula is C22H31N3O2. The predicted molar refractivity (Wildman–Crippen MR) is 104 cm³/mol. The molecule has 27 heavy (non-hydrogen) atoms. The summed E-state index contributed by atoms with van der Waals surface area (Å²) < 4.78 is 6.00. The van der Waals surface area contributed by atoms with E-state index in [-0.39, 0.29) is 5.92 Å². The minimum Gasteiger partial charge on any atom is -0.373 e. The van der Waals surface area contributed by atoms with E-state index in [1.807, 2.05) is 0 Å². The summed E-state index contributed by atoms with van der Waals surface area (Å²) in [6.07, 6.45) is 14.0. The van der Waals surface area contributed by atoms with Crippen LogP contribution in [0.15, 0.2) is 18.7 Å². The van der Waals surface area contributed by atoms with Crippen LogP contribution in [-0.4, -0.2) is 52.3 Å². The highest BCUT2D eigenvalue weighted by Crippen LogP contribution is 2.40. The van der Waals surface area contributed by atoms with Gasteiger partial charge in [-0.2, -0.15) is 0 Å². The van der Waals surface area contributed by atoms with Gasteiger partial charge in [0.05, 0.1) is 0 Å². The van der Waals surface area contributed by atoms with Crippen LogP contribution in [0.1, 0.15) is 56.9 Å². The van der Waals surface area contributed by atoms with E-state index in [4.69, 9.17) is 4.74 Å². The smallest absolute Gasteiger partial charge is 0.156 e. The van der Waals surface area contributed by atoms with Crippen molar-refractivity contribution in [1.29, 1.82) is 0 Å². The molecule has 1 unspecified atom stereocenters. The van der Waals surface area contributed by atoms with E-state index in [0.717, 1.165) is 63.7 Å². The van der Waals surface area contributed by atoms with Gasteiger partial charge >= 0.3 is 0 Å². The summed E-state index contributed by atoms with van der Waals surface area (Å²) >= 11 is 0. The summed E-state index contributed by atoms with van der Waals surface area (Å²) in [5, 5.41) is 11.8. The molecule has 4 fully saturated rings. The predicted octanol–water partition coefficient (Wildman–Crippen LogP) is 2.75. The molecule has 3 saturated heterocycles. The van der Waals surface area contributed by atoms with Crippen molar-refractivity contribution in [3.63, 3.8) is 0 Å². The van der Waals surface area contributed by atoms with Crippen LogP contribution >= 0.6 is 0 Å². The maximum Gasteiger partial charge on any atom is 0.156 e. The van der Waals surface area contributed by atoms with Crippen molar-refractivity contribution in [3.8, 4) is 11.8 Å². The topological polar surface area (TPSA) is 58.5 Å². The lowest BCUT2D eigenvalue weighted by atomic mass is 9.73. The molecule has 0 amide bonds. The molecule has 2 bridgehead atoms.